The molecule has 6 nitrogen and oxygen atoms in total. The maximum atomic E-state index is 11.1. The lowest BCUT2D eigenvalue weighted by Crippen LogP contribution is -2.27. The molecule has 1 aromatic rings. The smallest absolute Gasteiger partial charge is 0.335 e. The van der Waals surface area contributed by atoms with Crippen LogP contribution < -0.4 is 4.90 Å². The molecule has 1 aromatic carbocycles. The Kier molecular flexibility index (Phi) is 4.22. The van der Waals surface area contributed by atoms with Gasteiger partial charge in [-0.15, -0.1) is 0 Å². The molecule has 1 aliphatic carbocycles. The van der Waals surface area contributed by atoms with E-state index in [2.05, 4.69) is 0 Å². The first-order chi connectivity index (χ1) is 9.52. The quantitative estimate of drug-likeness (QED) is 0.612. The van der Waals surface area contributed by atoms with Crippen molar-refractivity contribution in [3.63, 3.8) is 0 Å². The predicted molar refractivity (Wildman–Crippen MR) is 75.3 cm³/mol. The van der Waals surface area contributed by atoms with E-state index < -0.39 is 10.9 Å². The molecular formula is C14H18N2O4. The highest BCUT2D eigenvalue weighted by Crippen LogP contribution is 2.35. The van der Waals surface area contributed by atoms with E-state index in [1.807, 2.05) is 11.8 Å². The Balaban J connectivity index is 2.39. The molecule has 0 aromatic heterocycles. The number of carbonyl (C=O) groups is 1. The third kappa shape index (κ3) is 3.26. The molecule has 0 aliphatic heterocycles. The van der Waals surface area contributed by atoms with Crippen LogP contribution in [0.5, 0.6) is 0 Å². The number of nitrogens with zero attached hydrogens (tertiary/aromatic N) is 2. The Morgan fingerprint density at radius 2 is 2.20 bits per heavy atom. The van der Waals surface area contributed by atoms with Crippen molar-refractivity contribution in [2.45, 2.75) is 26.2 Å². The fraction of sp³-hybridized carbons (Fsp3) is 0.500. The summed E-state index contributed by atoms with van der Waals surface area (Å²) in [5.41, 5.74) is 0.482. The van der Waals surface area contributed by atoms with Crippen LogP contribution in [0.2, 0.25) is 0 Å². The highest BCUT2D eigenvalue weighted by molar-refractivity contribution is 5.90. The van der Waals surface area contributed by atoms with Crippen molar-refractivity contribution in [2.24, 2.45) is 5.92 Å². The van der Waals surface area contributed by atoms with Gasteiger partial charge >= 0.3 is 5.97 Å². The van der Waals surface area contributed by atoms with E-state index in [0.717, 1.165) is 25.8 Å². The van der Waals surface area contributed by atoms with E-state index in [0.29, 0.717) is 18.2 Å². The normalized spacial score (nSPS) is 14.1. The molecule has 0 bridgehead atoms. The second-order valence-corrected chi connectivity index (χ2v) is 5.16. The minimum Gasteiger partial charge on any atom is -0.478 e. The highest BCUT2D eigenvalue weighted by atomic mass is 16.6. The van der Waals surface area contributed by atoms with Gasteiger partial charge in [-0.2, -0.15) is 0 Å². The molecule has 0 atom stereocenters. The van der Waals surface area contributed by atoms with Crippen LogP contribution in [0.3, 0.4) is 0 Å². The average molecular weight is 278 g/mol. The van der Waals surface area contributed by atoms with Gasteiger partial charge in [-0.1, -0.05) is 6.92 Å². The van der Waals surface area contributed by atoms with Gasteiger partial charge in [0.15, 0.2) is 0 Å². The van der Waals surface area contributed by atoms with Crippen LogP contribution in [0.15, 0.2) is 18.2 Å². The predicted octanol–water partition coefficient (Wildman–Crippen LogP) is 2.92. The molecular weight excluding hydrogens is 260 g/mol. The number of rotatable bonds is 7. The molecule has 108 valence electrons. The van der Waals surface area contributed by atoms with Crippen molar-refractivity contribution in [1.82, 2.24) is 0 Å². The summed E-state index contributed by atoms with van der Waals surface area (Å²) >= 11 is 0. The van der Waals surface area contributed by atoms with Crippen molar-refractivity contribution in [3.05, 3.63) is 33.9 Å². The lowest BCUT2D eigenvalue weighted by Gasteiger charge is -2.24. The summed E-state index contributed by atoms with van der Waals surface area (Å²) in [5, 5.41) is 20.2. The summed E-state index contributed by atoms with van der Waals surface area (Å²) in [7, 11) is 0. The van der Waals surface area contributed by atoms with Crippen LogP contribution in [0.1, 0.15) is 36.5 Å². The van der Waals surface area contributed by atoms with Crippen LogP contribution in [0.25, 0.3) is 0 Å². The van der Waals surface area contributed by atoms with Crippen LogP contribution in [-0.4, -0.2) is 29.1 Å². The minimum absolute atomic E-state index is 0.0240. The molecule has 20 heavy (non-hydrogen) atoms. The first-order valence-corrected chi connectivity index (χ1v) is 6.79. The molecule has 1 saturated carbocycles. The molecule has 0 radical (unpaired) electrons. The fourth-order valence-electron chi connectivity index (χ4n) is 2.26. The molecule has 0 unspecified atom stereocenters. The SMILES string of the molecule is CCCN(CC1CC1)c1cc(C(=O)O)ccc1[N+](=O)[O-]. The van der Waals surface area contributed by atoms with E-state index in [1.165, 1.54) is 18.2 Å². The monoisotopic (exact) mass is 278 g/mol. The number of hydrogen-bond acceptors (Lipinski definition) is 4. The lowest BCUT2D eigenvalue weighted by atomic mass is 10.1. The summed E-state index contributed by atoms with van der Waals surface area (Å²) in [6.07, 6.45) is 3.15. The van der Waals surface area contributed by atoms with E-state index in [4.69, 9.17) is 5.11 Å². The standard InChI is InChI=1S/C14H18N2O4/c1-2-7-15(9-10-3-4-10)13-8-11(14(17)18)5-6-12(13)16(19)20/h5-6,8,10H,2-4,7,9H2,1H3,(H,17,18). The number of carboxylic acids is 1. The number of aromatic carboxylic acids is 1. The van der Waals surface area contributed by atoms with Crippen molar-refractivity contribution in [3.8, 4) is 0 Å². The Bertz CT molecular complexity index is 526. The first-order valence-electron chi connectivity index (χ1n) is 6.79. The Labute approximate surface area is 117 Å². The molecule has 0 saturated heterocycles. The van der Waals surface area contributed by atoms with Gasteiger partial charge in [0.2, 0.25) is 0 Å². The molecule has 0 amide bonds. The third-order valence-electron chi connectivity index (χ3n) is 3.43. The number of nitro benzene ring substituents is 1. The van der Waals surface area contributed by atoms with Gasteiger partial charge < -0.3 is 10.0 Å². The van der Waals surface area contributed by atoms with Gasteiger partial charge in [-0.25, -0.2) is 4.79 Å². The molecule has 1 fully saturated rings. The lowest BCUT2D eigenvalue weighted by molar-refractivity contribution is -0.384. The number of nitro groups is 1. The number of benzene rings is 1. The Morgan fingerprint density at radius 1 is 1.50 bits per heavy atom. The van der Waals surface area contributed by atoms with Crippen LogP contribution >= 0.6 is 0 Å². The van der Waals surface area contributed by atoms with Gasteiger partial charge in [0.25, 0.3) is 5.69 Å². The maximum Gasteiger partial charge on any atom is 0.335 e. The third-order valence-corrected chi connectivity index (χ3v) is 3.43. The second kappa shape index (κ2) is 5.90. The zero-order valence-corrected chi connectivity index (χ0v) is 11.4. The van der Waals surface area contributed by atoms with Crippen molar-refractivity contribution in [2.75, 3.05) is 18.0 Å². The largest absolute Gasteiger partial charge is 0.478 e. The highest BCUT2D eigenvalue weighted by Gasteiger charge is 2.28. The van der Waals surface area contributed by atoms with Crippen LogP contribution in [-0.2, 0) is 0 Å². The number of hydrogen-bond donors (Lipinski definition) is 1. The summed E-state index contributed by atoms with van der Waals surface area (Å²) < 4.78 is 0. The van der Waals surface area contributed by atoms with Gasteiger partial charge in [-0.3, -0.25) is 10.1 Å². The fourth-order valence-corrected chi connectivity index (χ4v) is 2.26. The topological polar surface area (TPSA) is 83.7 Å². The molecule has 6 heteroatoms. The number of anilines is 1. The molecule has 1 N–H and O–H groups in total. The summed E-state index contributed by atoms with van der Waals surface area (Å²) in [5.74, 6) is -0.487. The van der Waals surface area contributed by atoms with Gasteiger partial charge in [-0.05, 0) is 37.3 Å². The van der Waals surface area contributed by atoms with Crippen LogP contribution in [0.4, 0.5) is 11.4 Å². The molecule has 0 heterocycles. The maximum absolute atomic E-state index is 11.1. The Morgan fingerprint density at radius 3 is 2.70 bits per heavy atom. The minimum atomic E-state index is -1.07. The van der Waals surface area contributed by atoms with Crippen molar-refractivity contribution in [1.29, 1.82) is 0 Å². The molecule has 0 spiro atoms. The second-order valence-electron chi connectivity index (χ2n) is 5.16. The van der Waals surface area contributed by atoms with E-state index >= 15 is 0 Å². The van der Waals surface area contributed by atoms with Gasteiger partial charge in [0, 0.05) is 19.2 Å². The summed E-state index contributed by atoms with van der Waals surface area (Å²) in [4.78, 5) is 23.7. The van der Waals surface area contributed by atoms with Crippen molar-refractivity contribution < 1.29 is 14.8 Å². The van der Waals surface area contributed by atoms with E-state index in [-0.39, 0.29) is 11.3 Å². The molecule has 1 aliphatic rings. The van der Waals surface area contributed by atoms with E-state index in [9.17, 15) is 14.9 Å². The zero-order chi connectivity index (χ0) is 14.7. The number of carboxylic acid groups (broad SMARTS) is 1. The average Bonchev–Trinajstić information content (AvgIpc) is 3.21. The van der Waals surface area contributed by atoms with Gasteiger partial charge in [0.1, 0.15) is 5.69 Å². The summed E-state index contributed by atoms with van der Waals surface area (Å²) in [6.45, 7) is 3.46. The van der Waals surface area contributed by atoms with Gasteiger partial charge in [0.05, 0.1) is 10.5 Å². The van der Waals surface area contributed by atoms with Crippen molar-refractivity contribution >= 4 is 17.3 Å². The van der Waals surface area contributed by atoms with Crippen LogP contribution in [0, 0.1) is 16.0 Å². The Hall–Kier alpha value is -2.11. The summed E-state index contributed by atoms with van der Waals surface area (Å²) in [6, 6.07) is 3.98. The van der Waals surface area contributed by atoms with E-state index in [1.54, 1.807) is 0 Å². The zero-order valence-electron chi connectivity index (χ0n) is 11.4. The first kappa shape index (κ1) is 14.3. The molecule has 2 rings (SSSR count).